The van der Waals surface area contributed by atoms with Crippen LogP contribution in [0.4, 0.5) is 0 Å². The second kappa shape index (κ2) is 7.70. The van der Waals surface area contributed by atoms with Gasteiger partial charge >= 0.3 is 0 Å². The van der Waals surface area contributed by atoms with E-state index in [1.54, 1.807) is 13.1 Å². The molecule has 24 heavy (non-hydrogen) atoms. The Morgan fingerprint density at radius 1 is 1.33 bits per heavy atom. The van der Waals surface area contributed by atoms with Crippen LogP contribution in [0.2, 0.25) is 0 Å². The van der Waals surface area contributed by atoms with E-state index < -0.39 is 0 Å². The fourth-order valence-electron chi connectivity index (χ4n) is 3.34. The maximum absolute atomic E-state index is 11.9. The molecule has 3 heterocycles. The van der Waals surface area contributed by atoms with Gasteiger partial charge < -0.3 is 25.1 Å². The minimum atomic E-state index is -0.167. The molecule has 0 radical (unpaired) electrons. The molecule has 1 aromatic rings. The number of nitrogens with one attached hydrogen (secondary N) is 3. The Morgan fingerprint density at radius 3 is 2.79 bits per heavy atom. The normalized spacial score (nSPS) is 25.8. The minimum absolute atomic E-state index is 0.167. The van der Waals surface area contributed by atoms with E-state index >= 15 is 0 Å². The Kier molecular flexibility index (Phi) is 5.40. The van der Waals surface area contributed by atoms with Crippen molar-refractivity contribution >= 4 is 11.9 Å². The first kappa shape index (κ1) is 16.8. The zero-order chi connectivity index (χ0) is 16.9. The Hall–Kier alpha value is -2.02. The van der Waals surface area contributed by atoms with E-state index in [4.69, 9.17) is 9.15 Å². The number of aryl methyl sites for hydroxylation is 1. The van der Waals surface area contributed by atoms with Crippen LogP contribution < -0.4 is 16.0 Å². The molecule has 0 saturated carbocycles. The van der Waals surface area contributed by atoms with Crippen LogP contribution in [-0.4, -0.2) is 50.3 Å². The SMILES string of the molecule is CN=C(NCCCNC(=O)c1occc1C)NC1CC2CCC1O2. The lowest BCUT2D eigenvalue weighted by Crippen LogP contribution is -2.47. The molecule has 3 unspecified atom stereocenters. The molecule has 132 valence electrons. The summed E-state index contributed by atoms with van der Waals surface area (Å²) in [6.07, 6.45) is 6.46. The number of guanidine groups is 1. The van der Waals surface area contributed by atoms with E-state index in [-0.39, 0.29) is 5.91 Å². The Morgan fingerprint density at radius 2 is 2.17 bits per heavy atom. The van der Waals surface area contributed by atoms with E-state index in [0.717, 1.165) is 37.3 Å². The van der Waals surface area contributed by atoms with Gasteiger partial charge in [-0.1, -0.05) is 0 Å². The van der Waals surface area contributed by atoms with Crippen molar-refractivity contribution in [2.45, 2.75) is 50.9 Å². The molecule has 7 heteroatoms. The van der Waals surface area contributed by atoms with Gasteiger partial charge in [-0.25, -0.2) is 0 Å². The van der Waals surface area contributed by atoms with Crippen LogP contribution in [0.5, 0.6) is 0 Å². The minimum Gasteiger partial charge on any atom is -0.459 e. The van der Waals surface area contributed by atoms with Crippen LogP contribution in [0, 0.1) is 6.92 Å². The number of furan rings is 1. The molecule has 3 atom stereocenters. The quantitative estimate of drug-likeness (QED) is 0.413. The van der Waals surface area contributed by atoms with Crippen molar-refractivity contribution in [3.63, 3.8) is 0 Å². The van der Waals surface area contributed by atoms with E-state index in [9.17, 15) is 4.79 Å². The molecule has 3 N–H and O–H groups in total. The highest BCUT2D eigenvalue weighted by Gasteiger charge is 2.41. The van der Waals surface area contributed by atoms with Gasteiger partial charge in [0.1, 0.15) is 0 Å². The van der Waals surface area contributed by atoms with E-state index in [1.807, 2.05) is 6.92 Å². The highest BCUT2D eigenvalue weighted by atomic mass is 16.5. The maximum atomic E-state index is 11.9. The second-order valence-corrected chi connectivity index (χ2v) is 6.40. The number of amides is 1. The van der Waals surface area contributed by atoms with Gasteiger partial charge in [0.25, 0.3) is 5.91 Å². The highest BCUT2D eigenvalue weighted by molar-refractivity contribution is 5.92. The molecule has 0 spiro atoms. The molecule has 2 bridgehead atoms. The summed E-state index contributed by atoms with van der Waals surface area (Å²) in [4.78, 5) is 16.2. The van der Waals surface area contributed by atoms with Gasteiger partial charge in [-0.3, -0.25) is 9.79 Å². The molecular weight excluding hydrogens is 308 g/mol. The summed E-state index contributed by atoms with van der Waals surface area (Å²) < 4.78 is 11.0. The fraction of sp³-hybridized carbons (Fsp3) is 0.647. The lowest BCUT2D eigenvalue weighted by Gasteiger charge is -2.22. The van der Waals surface area contributed by atoms with Crippen LogP contribution in [0.25, 0.3) is 0 Å². The summed E-state index contributed by atoms with van der Waals surface area (Å²) in [7, 11) is 1.77. The number of hydrogen-bond acceptors (Lipinski definition) is 4. The number of rotatable bonds is 6. The van der Waals surface area contributed by atoms with Gasteiger partial charge in [-0.2, -0.15) is 0 Å². The Balaban J connectivity index is 1.32. The molecule has 1 aromatic heterocycles. The number of carbonyl (C=O) groups excluding carboxylic acids is 1. The number of aliphatic imine (C=N–C) groups is 1. The van der Waals surface area contributed by atoms with Crippen molar-refractivity contribution < 1.29 is 13.9 Å². The van der Waals surface area contributed by atoms with Gasteiger partial charge in [0.15, 0.2) is 11.7 Å². The predicted molar refractivity (Wildman–Crippen MR) is 91.2 cm³/mol. The van der Waals surface area contributed by atoms with E-state index in [2.05, 4.69) is 20.9 Å². The number of nitrogens with zero attached hydrogens (tertiary/aromatic N) is 1. The first-order chi connectivity index (χ1) is 11.7. The second-order valence-electron chi connectivity index (χ2n) is 6.40. The average Bonchev–Trinajstić information content (AvgIpc) is 3.29. The maximum Gasteiger partial charge on any atom is 0.287 e. The van der Waals surface area contributed by atoms with Crippen LogP contribution >= 0.6 is 0 Å². The molecule has 0 aliphatic carbocycles. The van der Waals surface area contributed by atoms with Crippen molar-refractivity contribution in [2.24, 2.45) is 4.99 Å². The van der Waals surface area contributed by atoms with Crippen molar-refractivity contribution in [2.75, 3.05) is 20.1 Å². The number of ether oxygens (including phenoxy) is 1. The molecule has 0 aromatic carbocycles. The van der Waals surface area contributed by atoms with E-state index in [0.29, 0.717) is 30.6 Å². The summed E-state index contributed by atoms with van der Waals surface area (Å²) >= 11 is 0. The number of fused-ring (bicyclic) bond motifs is 2. The lowest BCUT2D eigenvalue weighted by atomic mass is 9.96. The van der Waals surface area contributed by atoms with Crippen LogP contribution in [0.3, 0.4) is 0 Å². The van der Waals surface area contributed by atoms with Crippen LogP contribution in [0.15, 0.2) is 21.7 Å². The first-order valence-electron chi connectivity index (χ1n) is 8.62. The monoisotopic (exact) mass is 334 g/mol. The van der Waals surface area contributed by atoms with Crippen LogP contribution in [0.1, 0.15) is 41.8 Å². The third kappa shape index (κ3) is 3.90. The summed E-state index contributed by atoms with van der Waals surface area (Å²) in [6, 6.07) is 2.14. The number of hydrogen-bond donors (Lipinski definition) is 3. The molecule has 2 aliphatic heterocycles. The molecule has 3 rings (SSSR count). The third-order valence-corrected chi connectivity index (χ3v) is 4.65. The molecule has 1 amide bonds. The average molecular weight is 334 g/mol. The summed E-state index contributed by atoms with van der Waals surface area (Å²) in [5.74, 6) is 1.01. The summed E-state index contributed by atoms with van der Waals surface area (Å²) in [5, 5.41) is 9.58. The Bertz CT molecular complexity index is 598. The smallest absolute Gasteiger partial charge is 0.287 e. The third-order valence-electron chi connectivity index (χ3n) is 4.65. The molecule has 2 aliphatic rings. The number of carbonyl (C=O) groups is 1. The zero-order valence-electron chi connectivity index (χ0n) is 14.3. The fourth-order valence-corrected chi connectivity index (χ4v) is 3.34. The summed E-state index contributed by atoms with van der Waals surface area (Å²) in [6.45, 7) is 3.17. The summed E-state index contributed by atoms with van der Waals surface area (Å²) in [5.41, 5.74) is 0.850. The van der Waals surface area contributed by atoms with Gasteiger partial charge in [0.05, 0.1) is 24.5 Å². The van der Waals surface area contributed by atoms with Gasteiger partial charge in [-0.15, -0.1) is 0 Å². The van der Waals surface area contributed by atoms with E-state index in [1.165, 1.54) is 12.7 Å². The molecule has 2 fully saturated rings. The van der Waals surface area contributed by atoms with Gasteiger partial charge in [-0.05, 0) is 38.7 Å². The predicted octanol–water partition coefficient (Wildman–Crippen LogP) is 1.19. The molecule has 2 saturated heterocycles. The van der Waals surface area contributed by atoms with Crippen molar-refractivity contribution in [1.82, 2.24) is 16.0 Å². The van der Waals surface area contributed by atoms with Gasteiger partial charge in [0, 0.05) is 25.7 Å². The topological polar surface area (TPSA) is 87.9 Å². The van der Waals surface area contributed by atoms with Crippen molar-refractivity contribution in [3.05, 3.63) is 23.7 Å². The standard InChI is InChI=1S/C17H26N4O3/c1-11-6-9-23-15(11)16(22)19-7-3-8-20-17(18-2)21-13-10-12-4-5-14(13)24-12/h6,9,12-14H,3-5,7-8,10H2,1-2H3,(H,19,22)(H2,18,20,21). The zero-order valence-corrected chi connectivity index (χ0v) is 14.3. The Labute approximate surface area is 142 Å². The molecular formula is C17H26N4O3. The van der Waals surface area contributed by atoms with Crippen molar-refractivity contribution in [1.29, 1.82) is 0 Å². The highest BCUT2D eigenvalue weighted by Crippen LogP contribution is 2.34. The largest absolute Gasteiger partial charge is 0.459 e. The first-order valence-corrected chi connectivity index (χ1v) is 8.62. The van der Waals surface area contributed by atoms with Gasteiger partial charge in [0.2, 0.25) is 0 Å². The van der Waals surface area contributed by atoms with Crippen LogP contribution in [-0.2, 0) is 4.74 Å². The molecule has 7 nitrogen and oxygen atoms in total. The lowest BCUT2D eigenvalue weighted by molar-refractivity contribution is 0.0924. The van der Waals surface area contributed by atoms with Crippen molar-refractivity contribution in [3.8, 4) is 0 Å².